The van der Waals surface area contributed by atoms with Crippen molar-refractivity contribution in [3.05, 3.63) is 93.3 Å². The molecular weight excluding hydrogens is 527 g/mol. The summed E-state index contributed by atoms with van der Waals surface area (Å²) in [7, 11) is 1.50. The van der Waals surface area contributed by atoms with Crippen molar-refractivity contribution < 1.29 is 9.53 Å². The summed E-state index contributed by atoms with van der Waals surface area (Å²) in [5.41, 5.74) is 2.18. The van der Waals surface area contributed by atoms with Gasteiger partial charge in [0, 0.05) is 39.4 Å². The highest BCUT2D eigenvalue weighted by molar-refractivity contribution is 6.31. The van der Waals surface area contributed by atoms with Crippen molar-refractivity contribution in [1.29, 1.82) is 0 Å². The van der Waals surface area contributed by atoms with Crippen LogP contribution < -0.4 is 10.3 Å². The number of nitrogens with zero attached hydrogens (tertiary/aromatic N) is 6. The second-order valence-corrected chi connectivity index (χ2v) is 9.49. The van der Waals surface area contributed by atoms with Crippen LogP contribution in [-0.4, -0.2) is 42.7 Å². The van der Waals surface area contributed by atoms with Gasteiger partial charge in [-0.05, 0) is 36.2 Å². The number of ketones is 1. The van der Waals surface area contributed by atoms with E-state index in [4.69, 9.17) is 27.9 Å². The molecule has 0 bridgehead atoms. The van der Waals surface area contributed by atoms with Crippen molar-refractivity contribution in [2.24, 2.45) is 0 Å². The number of pyridine rings is 1. The van der Waals surface area contributed by atoms with Gasteiger partial charge in [-0.3, -0.25) is 9.59 Å². The molecule has 0 radical (unpaired) electrons. The van der Waals surface area contributed by atoms with Gasteiger partial charge < -0.3 is 9.30 Å². The van der Waals surface area contributed by atoms with Crippen LogP contribution in [0.15, 0.2) is 72.0 Å². The molecule has 5 aromatic rings. The summed E-state index contributed by atoms with van der Waals surface area (Å²) < 4.78 is 8.59. The molecular formula is C27H22Cl2N6O3. The molecule has 5 rings (SSSR count). The van der Waals surface area contributed by atoms with Gasteiger partial charge in [-0.25, -0.2) is 4.68 Å². The molecule has 0 saturated carbocycles. The normalized spacial score (nSPS) is 12.0. The summed E-state index contributed by atoms with van der Waals surface area (Å²) in [6.07, 6.45) is 7.04. The van der Waals surface area contributed by atoms with Crippen LogP contribution in [0.5, 0.6) is 5.75 Å². The van der Waals surface area contributed by atoms with Crippen LogP contribution in [0.1, 0.15) is 24.9 Å². The first-order chi connectivity index (χ1) is 18.4. The SMILES string of the molecule is CCC(C(=O)Cc1ccc2cnncc2c1)n1cc(OC)c(-c2cc(Cl)ccc2-n2cc(Cl)nn2)cc1=O. The van der Waals surface area contributed by atoms with Crippen LogP contribution in [0.4, 0.5) is 0 Å². The van der Waals surface area contributed by atoms with Crippen molar-refractivity contribution >= 4 is 39.8 Å². The number of methoxy groups -OCH3 is 1. The Morgan fingerprint density at radius 1 is 1.00 bits per heavy atom. The summed E-state index contributed by atoms with van der Waals surface area (Å²) in [4.78, 5) is 26.8. The minimum absolute atomic E-state index is 0.0912. The van der Waals surface area contributed by atoms with Gasteiger partial charge in [0.2, 0.25) is 0 Å². The second-order valence-electron chi connectivity index (χ2n) is 8.67. The molecule has 0 aliphatic rings. The Balaban J connectivity index is 1.52. The minimum Gasteiger partial charge on any atom is -0.495 e. The Kier molecular flexibility index (Phi) is 7.22. The van der Waals surface area contributed by atoms with Gasteiger partial charge in [-0.2, -0.15) is 10.2 Å². The molecule has 0 N–H and O–H groups in total. The molecule has 3 aromatic heterocycles. The zero-order chi connectivity index (χ0) is 26.8. The summed E-state index contributed by atoms with van der Waals surface area (Å²) in [6, 6.07) is 11.6. The fourth-order valence-electron chi connectivity index (χ4n) is 4.48. The predicted octanol–water partition coefficient (Wildman–Crippen LogP) is 5.12. The van der Waals surface area contributed by atoms with Gasteiger partial charge in [-0.1, -0.05) is 47.5 Å². The molecule has 0 fully saturated rings. The molecule has 9 nitrogen and oxygen atoms in total. The molecule has 38 heavy (non-hydrogen) atoms. The van der Waals surface area contributed by atoms with Crippen molar-refractivity contribution in [3.8, 4) is 22.6 Å². The molecule has 11 heteroatoms. The molecule has 3 heterocycles. The Hall–Kier alpha value is -4.08. The Morgan fingerprint density at radius 2 is 1.79 bits per heavy atom. The lowest BCUT2D eigenvalue weighted by Crippen LogP contribution is -2.30. The number of benzene rings is 2. The van der Waals surface area contributed by atoms with Crippen molar-refractivity contribution in [1.82, 2.24) is 29.8 Å². The first kappa shape index (κ1) is 25.6. The van der Waals surface area contributed by atoms with Gasteiger partial charge in [0.05, 0.1) is 43.6 Å². The van der Waals surface area contributed by atoms with Crippen molar-refractivity contribution in [2.75, 3.05) is 7.11 Å². The van der Waals surface area contributed by atoms with E-state index in [1.807, 2.05) is 25.1 Å². The number of Topliss-reactive ketones (excluding diaryl/α,β-unsaturated/α-hetero) is 1. The lowest BCUT2D eigenvalue weighted by molar-refractivity contribution is -0.121. The molecule has 0 amide bonds. The number of halogens is 2. The van der Waals surface area contributed by atoms with Crippen LogP contribution in [0.2, 0.25) is 10.2 Å². The zero-order valence-electron chi connectivity index (χ0n) is 20.5. The zero-order valence-corrected chi connectivity index (χ0v) is 22.0. The van der Waals surface area contributed by atoms with Gasteiger partial charge in [0.25, 0.3) is 5.56 Å². The van der Waals surface area contributed by atoms with E-state index in [0.29, 0.717) is 34.0 Å². The molecule has 0 spiro atoms. The first-order valence-corrected chi connectivity index (χ1v) is 12.5. The van der Waals surface area contributed by atoms with E-state index in [1.165, 1.54) is 22.4 Å². The smallest absolute Gasteiger partial charge is 0.252 e. The number of rotatable bonds is 8. The number of aromatic nitrogens is 6. The molecule has 1 unspecified atom stereocenters. The van der Waals surface area contributed by atoms with E-state index in [-0.39, 0.29) is 22.9 Å². The second kappa shape index (κ2) is 10.7. The van der Waals surface area contributed by atoms with Gasteiger partial charge in [-0.15, -0.1) is 5.10 Å². The summed E-state index contributed by atoms with van der Waals surface area (Å²) in [5, 5.41) is 18.2. The number of hydrogen-bond donors (Lipinski definition) is 0. The predicted molar refractivity (Wildman–Crippen MR) is 145 cm³/mol. The van der Waals surface area contributed by atoms with Crippen LogP contribution in [0, 0.1) is 0 Å². The number of ether oxygens (including phenoxy) is 1. The summed E-state index contributed by atoms with van der Waals surface area (Å²) >= 11 is 12.3. The number of carbonyl (C=O) groups is 1. The monoisotopic (exact) mass is 548 g/mol. The maximum Gasteiger partial charge on any atom is 0.252 e. The van der Waals surface area contributed by atoms with E-state index in [0.717, 1.165) is 16.3 Å². The molecule has 0 aliphatic carbocycles. The molecule has 0 aliphatic heterocycles. The molecule has 1 atom stereocenters. The van der Waals surface area contributed by atoms with E-state index in [1.54, 1.807) is 43.0 Å². The lowest BCUT2D eigenvalue weighted by atomic mass is 9.99. The Labute approximate surface area is 227 Å². The maximum absolute atomic E-state index is 13.4. The Morgan fingerprint density at radius 3 is 2.50 bits per heavy atom. The number of carbonyl (C=O) groups excluding carboxylic acids is 1. The third kappa shape index (κ3) is 5.03. The van der Waals surface area contributed by atoms with Gasteiger partial charge in [0.15, 0.2) is 10.9 Å². The lowest BCUT2D eigenvalue weighted by Gasteiger charge is -2.20. The summed E-state index contributed by atoms with van der Waals surface area (Å²) in [5.74, 6) is 0.307. The van der Waals surface area contributed by atoms with Crippen LogP contribution >= 0.6 is 23.2 Å². The fraction of sp³-hybridized carbons (Fsp3) is 0.185. The minimum atomic E-state index is -0.676. The van der Waals surface area contributed by atoms with Gasteiger partial charge in [0.1, 0.15) is 5.75 Å². The van der Waals surface area contributed by atoms with Crippen molar-refractivity contribution in [2.45, 2.75) is 25.8 Å². The average molecular weight is 549 g/mol. The van der Waals surface area contributed by atoms with Crippen LogP contribution in [-0.2, 0) is 11.2 Å². The summed E-state index contributed by atoms with van der Waals surface area (Å²) in [6.45, 7) is 1.87. The number of hydrogen-bond acceptors (Lipinski definition) is 7. The van der Waals surface area contributed by atoms with E-state index in [2.05, 4.69) is 20.5 Å². The number of fused-ring (bicyclic) bond motifs is 1. The van der Waals surface area contributed by atoms with Crippen molar-refractivity contribution in [3.63, 3.8) is 0 Å². The highest BCUT2D eigenvalue weighted by Gasteiger charge is 2.23. The topological polar surface area (TPSA) is 105 Å². The maximum atomic E-state index is 13.4. The Bertz CT molecular complexity index is 1720. The standard InChI is InChI=1S/C27H22Cl2N6O3/c1-3-22(24(36)9-16-4-5-17-12-30-31-13-18(17)8-16)34-14-25(38-2)21(11-27(34)37)20-10-19(28)6-7-23(20)35-15-26(29)32-33-35/h4-8,10-15,22H,3,9H2,1-2H3. The highest BCUT2D eigenvalue weighted by atomic mass is 35.5. The van der Waals surface area contributed by atoms with Crippen LogP contribution in [0.25, 0.3) is 27.6 Å². The molecule has 2 aromatic carbocycles. The molecule has 0 saturated heterocycles. The van der Waals surface area contributed by atoms with E-state index >= 15 is 0 Å². The fourth-order valence-corrected chi connectivity index (χ4v) is 4.78. The third-order valence-electron chi connectivity index (χ3n) is 6.31. The quantitative estimate of drug-likeness (QED) is 0.265. The average Bonchev–Trinajstić information content (AvgIpc) is 3.35. The highest BCUT2D eigenvalue weighted by Crippen LogP contribution is 2.35. The largest absolute Gasteiger partial charge is 0.495 e. The molecule has 192 valence electrons. The third-order valence-corrected chi connectivity index (χ3v) is 6.72. The van der Waals surface area contributed by atoms with E-state index < -0.39 is 6.04 Å². The first-order valence-electron chi connectivity index (χ1n) is 11.8. The van der Waals surface area contributed by atoms with Crippen LogP contribution in [0.3, 0.4) is 0 Å². The van der Waals surface area contributed by atoms with Gasteiger partial charge >= 0.3 is 0 Å². The van der Waals surface area contributed by atoms with E-state index in [9.17, 15) is 9.59 Å².